The smallest absolute Gasteiger partial charge is 0.139 e. The highest BCUT2D eigenvalue weighted by Crippen LogP contribution is 2.20. The van der Waals surface area contributed by atoms with Crippen molar-refractivity contribution >= 4 is 22.6 Å². The Morgan fingerprint density at radius 1 is 1.80 bits per heavy atom. The molecule has 2 nitrogen and oxygen atoms in total. The molecule has 0 fully saturated rings. The molecule has 0 amide bonds. The van der Waals surface area contributed by atoms with Crippen molar-refractivity contribution in [1.29, 1.82) is 0 Å². The molecule has 1 rings (SSSR count). The maximum absolute atomic E-state index is 9.95. The minimum atomic E-state index is 0.404. The van der Waals surface area contributed by atoms with E-state index in [1.54, 1.807) is 11.3 Å². The summed E-state index contributed by atoms with van der Waals surface area (Å²) in [6, 6.07) is 2.03. The molecule has 0 saturated carbocycles. The summed E-state index contributed by atoms with van der Waals surface area (Å²) in [6.45, 7) is 2.42. The maximum Gasteiger partial charge on any atom is 0.139 e. The van der Waals surface area contributed by atoms with E-state index in [4.69, 9.17) is 0 Å². The second-order valence-corrected chi connectivity index (χ2v) is 2.90. The lowest BCUT2D eigenvalue weighted by molar-refractivity contribution is -0.106. The van der Waals surface area contributed by atoms with Gasteiger partial charge in [-0.05, 0) is 23.9 Å². The zero-order valence-corrected chi connectivity index (χ0v) is 6.57. The van der Waals surface area contributed by atoms with Crippen molar-refractivity contribution in [3.63, 3.8) is 0 Å². The van der Waals surface area contributed by atoms with E-state index in [0.717, 1.165) is 11.3 Å². The summed E-state index contributed by atoms with van der Waals surface area (Å²) in [5.74, 6) is 0. The van der Waals surface area contributed by atoms with E-state index in [1.165, 1.54) is 5.56 Å². The molecule has 0 bridgehead atoms. The first kappa shape index (κ1) is 7.28. The van der Waals surface area contributed by atoms with Crippen LogP contribution in [0.1, 0.15) is 5.56 Å². The van der Waals surface area contributed by atoms with Crippen molar-refractivity contribution in [2.45, 2.75) is 6.92 Å². The summed E-state index contributed by atoms with van der Waals surface area (Å²) in [5.41, 5.74) is 1.20. The van der Waals surface area contributed by atoms with Crippen molar-refractivity contribution in [1.82, 2.24) is 0 Å². The van der Waals surface area contributed by atoms with E-state index in [9.17, 15) is 4.79 Å². The molecule has 3 heteroatoms. The highest BCUT2D eigenvalue weighted by Gasteiger charge is 1.95. The molecular formula is C7H9NOS. The van der Waals surface area contributed by atoms with Crippen LogP contribution in [0.4, 0.5) is 5.00 Å². The second-order valence-electron chi connectivity index (χ2n) is 1.98. The Morgan fingerprint density at radius 3 is 3.10 bits per heavy atom. The minimum Gasteiger partial charge on any atom is -0.370 e. The summed E-state index contributed by atoms with van der Waals surface area (Å²) < 4.78 is 0. The molecule has 0 saturated heterocycles. The molecule has 0 atom stereocenters. The fourth-order valence-corrected chi connectivity index (χ4v) is 1.52. The Labute approximate surface area is 63.9 Å². The van der Waals surface area contributed by atoms with Gasteiger partial charge in [-0.3, -0.25) is 0 Å². The van der Waals surface area contributed by atoms with Crippen LogP contribution in [-0.2, 0) is 4.79 Å². The van der Waals surface area contributed by atoms with Crippen molar-refractivity contribution < 1.29 is 4.79 Å². The summed E-state index contributed by atoms with van der Waals surface area (Å²) >= 11 is 1.62. The molecular weight excluding hydrogens is 146 g/mol. The fraction of sp³-hybridized carbons (Fsp3) is 0.286. The number of nitrogens with one attached hydrogen (secondary N) is 1. The van der Waals surface area contributed by atoms with Crippen LogP contribution in [0.2, 0.25) is 0 Å². The van der Waals surface area contributed by atoms with Crippen molar-refractivity contribution in [2.24, 2.45) is 0 Å². The molecule has 0 aromatic carbocycles. The van der Waals surface area contributed by atoms with Gasteiger partial charge < -0.3 is 10.1 Å². The summed E-state index contributed by atoms with van der Waals surface area (Å²) in [4.78, 5) is 9.95. The molecule has 0 radical (unpaired) electrons. The predicted molar refractivity (Wildman–Crippen MR) is 43.6 cm³/mol. The van der Waals surface area contributed by atoms with Crippen LogP contribution < -0.4 is 5.32 Å². The minimum absolute atomic E-state index is 0.404. The Hall–Kier alpha value is -0.830. The Bertz CT molecular complexity index is 219. The third-order valence-electron chi connectivity index (χ3n) is 1.21. The number of rotatable bonds is 3. The largest absolute Gasteiger partial charge is 0.370 e. The van der Waals surface area contributed by atoms with Gasteiger partial charge >= 0.3 is 0 Å². The molecule has 0 spiro atoms. The van der Waals surface area contributed by atoms with Gasteiger partial charge in [0.2, 0.25) is 0 Å². The van der Waals surface area contributed by atoms with E-state index < -0.39 is 0 Å². The molecule has 1 aromatic rings. The van der Waals surface area contributed by atoms with Gasteiger partial charge in [0.25, 0.3) is 0 Å². The number of aldehydes is 1. The van der Waals surface area contributed by atoms with E-state index >= 15 is 0 Å². The first-order valence-corrected chi connectivity index (χ1v) is 3.94. The number of aryl methyl sites for hydroxylation is 1. The Kier molecular flexibility index (Phi) is 2.45. The van der Waals surface area contributed by atoms with Gasteiger partial charge in [-0.25, -0.2) is 0 Å². The van der Waals surface area contributed by atoms with Crippen LogP contribution in [0.5, 0.6) is 0 Å². The van der Waals surface area contributed by atoms with Gasteiger partial charge in [0.15, 0.2) is 0 Å². The number of carbonyl (C=O) groups is 1. The number of thiophene rings is 1. The van der Waals surface area contributed by atoms with E-state index in [-0.39, 0.29) is 0 Å². The lowest BCUT2D eigenvalue weighted by Crippen LogP contribution is -2.00. The molecule has 0 aliphatic carbocycles. The standard InChI is InChI=1S/C7H9NOS/c1-6-2-5-10-7(6)8-3-4-9/h2,4-5,8H,3H2,1H3. The molecule has 1 heterocycles. The average molecular weight is 155 g/mol. The van der Waals surface area contributed by atoms with Crippen LogP contribution >= 0.6 is 11.3 Å². The molecule has 10 heavy (non-hydrogen) atoms. The topological polar surface area (TPSA) is 29.1 Å². The molecule has 1 aromatic heterocycles. The van der Waals surface area contributed by atoms with E-state index in [0.29, 0.717) is 6.54 Å². The molecule has 1 N–H and O–H groups in total. The highest BCUT2D eigenvalue weighted by molar-refractivity contribution is 7.14. The zero-order chi connectivity index (χ0) is 7.40. The molecule has 0 aliphatic rings. The lowest BCUT2D eigenvalue weighted by atomic mass is 10.4. The lowest BCUT2D eigenvalue weighted by Gasteiger charge is -1.97. The van der Waals surface area contributed by atoms with Gasteiger partial charge in [-0.2, -0.15) is 0 Å². The van der Waals surface area contributed by atoms with Crippen LogP contribution in [-0.4, -0.2) is 12.8 Å². The SMILES string of the molecule is Cc1ccsc1NCC=O. The van der Waals surface area contributed by atoms with Crippen molar-refractivity contribution in [3.8, 4) is 0 Å². The average Bonchev–Trinajstić information content (AvgIpc) is 2.31. The summed E-state index contributed by atoms with van der Waals surface area (Å²) in [5, 5.41) is 6.09. The van der Waals surface area contributed by atoms with Gasteiger partial charge in [-0.1, -0.05) is 0 Å². The number of hydrogen-bond acceptors (Lipinski definition) is 3. The van der Waals surface area contributed by atoms with Crippen LogP contribution in [0.3, 0.4) is 0 Å². The fourth-order valence-electron chi connectivity index (χ4n) is 0.688. The van der Waals surface area contributed by atoms with E-state index in [2.05, 4.69) is 5.32 Å². The van der Waals surface area contributed by atoms with Gasteiger partial charge in [0, 0.05) is 0 Å². The normalized spacial score (nSPS) is 9.30. The third kappa shape index (κ3) is 1.57. The van der Waals surface area contributed by atoms with E-state index in [1.807, 2.05) is 18.4 Å². The molecule has 0 unspecified atom stereocenters. The first-order chi connectivity index (χ1) is 4.84. The maximum atomic E-state index is 9.95. The highest BCUT2D eigenvalue weighted by atomic mass is 32.1. The van der Waals surface area contributed by atoms with Gasteiger partial charge in [0.05, 0.1) is 11.5 Å². The first-order valence-electron chi connectivity index (χ1n) is 3.06. The number of hydrogen-bond donors (Lipinski definition) is 1. The summed E-state index contributed by atoms with van der Waals surface area (Å²) in [6.07, 6.45) is 0.860. The third-order valence-corrected chi connectivity index (χ3v) is 2.18. The monoisotopic (exact) mass is 155 g/mol. The second kappa shape index (κ2) is 3.37. The van der Waals surface area contributed by atoms with Crippen LogP contribution in [0.25, 0.3) is 0 Å². The Morgan fingerprint density at radius 2 is 2.60 bits per heavy atom. The van der Waals surface area contributed by atoms with Crippen molar-refractivity contribution in [3.05, 3.63) is 17.0 Å². The van der Waals surface area contributed by atoms with Crippen LogP contribution in [0.15, 0.2) is 11.4 Å². The van der Waals surface area contributed by atoms with Gasteiger partial charge in [-0.15, -0.1) is 11.3 Å². The molecule has 54 valence electrons. The van der Waals surface area contributed by atoms with Crippen molar-refractivity contribution in [2.75, 3.05) is 11.9 Å². The zero-order valence-electron chi connectivity index (χ0n) is 5.76. The van der Waals surface area contributed by atoms with Gasteiger partial charge in [0.1, 0.15) is 6.29 Å². The predicted octanol–water partition coefficient (Wildman–Crippen LogP) is 1.67. The quantitative estimate of drug-likeness (QED) is 0.673. The van der Waals surface area contributed by atoms with Crippen LogP contribution in [0, 0.1) is 6.92 Å². The number of anilines is 1. The summed E-state index contributed by atoms with van der Waals surface area (Å²) in [7, 11) is 0. The number of carbonyl (C=O) groups excluding carboxylic acids is 1. The molecule has 0 aliphatic heterocycles. The Balaban J connectivity index is 2.56.